The minimum absolute atomic E-state index is 0.102. The number of primary amides is 1. The second-order valence-electron chi connectivity index (χ2n) is 4.25. The van der Waals surface area contributed by atoms with Gasteiger partial charge in [0.15, 0.2) is 0 Å². The molecule has 2 N–H and O–H groups in total. The summed E-state index contributed by atoms with van der Waals surface area (Å²) in [5, 5.41) is 0. The minimum Gasteiger partial charge on any atom is -0.369 e. The van der Waals surface area contributed by atoms with Crippen molar-refractivity contribution in [1.82, 2.24) is 4.90 Å². The number of amides is 1. The Morgan fingerprint density at radius 2 is 2.29 bits per heavy atom. The predicted octanol–water partition coefficient (Wildman–Crippen LogP) is 1.37. The third-order valence-electron chi connectivity index (χ3n) is 2.99. The zero-order valence-electron chi connectivity index (χ0n) is 9.17. The summed E-state index contributed by atoms with van der Waals surface area (Å²) in [6, 6.07) is 0. The van der Waals surface area contributed by atoms with Crippen LogP contribution >= 0.6 is 0 Å². The summed E-state index contributed by atoms with van der Waals surface area (Å²) in [4.78, 5) is 13.4. The van der Waals surface area contributed by atoms with E-state index in [2.05, 4.69) is 11.8 Å². The highest BCUT2D eigenvalue weighted by atomic mass is 16.1. The first-order chi connectivity index (χ1) is 6.74. The van der Waals surface area contributed by atoms with E-state index in [4.69, 9.17) is 5.73 Å². The molecule has 0 spiro atoms. The molecule has 1 atom stereocenters. The van der Waals surface area contributed by atoms with Crippen molar-refractivity contribution >= 4 is 5.91 Å². The lowest BCUT2D eigenvalue weighted by Crippen LogP contribution is -2.41. The quantitative estimate of drug-likeness (QED) is 0.678. The molecule has 1 saturated heterocycles. The molecule has 0 aromatic carbocycles. The van der Waals surface area contributed by atoms with Crippen LogP contribution < -0.4 is 5.73 Å². The van der Waals surface area contributed by atoms with E-state index in [0.29, 0.717) is 0 Å². The van der Waals surface area contributed by atoms with Crippen molar-refractivity contribution in [3.8, 4) is 0 Å². The average molecular weight is 198 g/mol. The summed E-state index contributed by atoms with van der Waals surface area (Å²) in [6.45, 7) is 5.38. The van der Waals surface area contributed by atoms with Gasteiger partial charge in [-0.05, 0) is 32.4 Å². The van der Waals surface area contributed by atoms with E-state index in [1.165, 1.54) is 19.3 Å². The van der Waals surface area contributed by atoms with Crippen LogP contribution in [0.1, 0.15) is 39.0 Å². The van der Waals surface area contributed by atoms with Crippen LogP contribution in [-0.2, 0) is 4.79 Å². The van der Waals surface area contributed by atoms with Crippen LogP contribution in [0.5, 0.6) is 0 Å². The summed E-state index contributed by atoms with van der Waals surface area (Å²) in [5.74, 6) is -0.0180. The minimum atomic E-state index is -0.120. The number of hydrogen-bond donors (Lipinski definition) is 1. The van der Waals surface area contributed by atoms with Gasteiger partial charge in [0.1, 0.15) is 0 Å². The Hall–Kier alpha value is -0.570. The Balaban J connectivity index is 2.22. The smallest absolute Gasteiger partial charge is 0.221 e. The number of unbranched alkanes of at least 4 members (excludes halogenated alkanes) is 2. The van der Waals surface area contributed by atoms with Crippen LogP contribution in [0.3, 0.4) is 0 Å². The fourth-order valence-corrected chi connectivity index (χ4v) is 2.08. The molecular formula is C11H22N2O. The molecule has 0 aliphatic carbocycles. The van der Waals surface area contributed by atoms with E-state index in [9.17, 15) is 4.79 Å². The second kappa shape index (κ2) is 6.02. The molecule has 1 rings (SSSR count). The van der Waals surface area contributed by atoms with E-state index in [1.807, 2.05) is 0 Å². The Kier molecular flexibility index (Phi) is 4.94. The van der Waals surface area contributed by atoms with E-state index < -0.39 is 0 Å². The molecule has 1 heterocycles. The Labute approximate surface area is 86.6 Å². The zero-order chi connectivity index (χ0) is 10.4. The fraction of sp³-hybridized carbons (Fsp3) is 0.909. The molecule has 0 aromatic rings. The van der Waals surface area contributed by atoms with Crippen molar-refractivity contribution in [3.05, 3.63) is 0 Å². The van der Waals surface area contributed by atoms with Crippen LogP contribution in [0.25, 0.3) is 0 Å². The maximum absolute atomic E-state index is 11.0. The van der Waals surface area contributed by atoms with E-state index in [0.717, 1.165) is 32.5 Å². The maximum atomic E-state index is 11.0. The molecule has 0 aromatic heterocycles. The van der Waals surface area contributed by atoms with Gasteiger partial charge in [-0.25, -0.2) is 0 Å². The topological polar surface area (TPSA) is 46.3 Å². The summed E-state index contributed by atoms with van der Waals surface area (Å²) < 4.78 is 0. The van der Waals surface area contributed by atoms with E-state index in [1.54, 1.807) is 0 Å². The fourth-order valence-electron chi connectivity index (χ4n) is 2.08. The van der Waals surface area contributed by atoms with Crippen molar-refractivity contribution < 1.29 is 4.79 Å². The van der Waals surface area contributed by atoms with Gasteiger partial charge in [0.05, 0.1) is 5.92 Å². The van der Waals surface area contributed by atoms with Crippen molar-refractivity contribution in [3.63, 3.8) is 0 Å². The molecule has 1 aliphatic heterocycles. The highest BCUT2D eigenvalue weighted by molar-refractivity contribution is 5.76. The molecule has 14 heavy (non-hydrogen) atoms. The molecule has 0 radical (unpaired) electrons. The van der Waals surface area contributed by atoms with Gasteiger partial charge in [0.2, 0.25) is 5.91 Å². The largest absolute Gasteiger partial charge is 0.369 e. The molecule has 3 heteroatoms. The normalized spacial score (nSPS) is 23.6. The van der Waals surface area contributed by atoms with Crippen LogP contribution in [0, 0.1) is 5.92 Å². The molecule has 1 fully saturated rings. The number of nitrogens with two attached hydrogens (primary N) is 1. The van der Waals surface area contributed by atoms with Gasteiger partial charge < -0.3 is 10.6 Å². The first-order valence-corrected chi connectivity index (χ1v) is 5.75. The number of carbonyl (C=O) groups excluding carboxylic acids is 1. The summed E-state index contributed by atoms with van der Waals surface area (Å²) in [7, 11) is 0. The molecule has 0 bridgehead atoms. The monoisotopic (exact) mass is 198 g/mol. The Bertz CT molecular complexity index is 182. The number of hydrogen-bond acceptors (Lipinski definition) is 2. The number of rotatable bonds is 5. The lowest BCUT2D eigenvalue weighted by atomic mass is 9.97. The number of carbonyl (C=O) groups is 1. The second-order valence-corrected chi connectivity index (χ2v) is 4.25. The lowest BCUT2D eigenvalue weighted by Gasteiger charge is -2.30. The van der Waals surface area contributed by atoms with Gasteiger partial charge in [-0.3, -0.25) is 4.79 Å². The van der Waals surface area contributed by atoms with Gasteiger partial charge in [-0.2, -0.15) is 0 Å². The maximum Gasteiger partial charge on any atom is 0.221 e. The van der Waals surface area contributed by atoms with Gasteiger partial charge in [-0.1, -0.05) is 19.8 Å². The van der Waals surface area contributed by atoms with Gasteiger partial charge in [-0.15, -0.1) is 0 Å². The van der Waals surface area contributed by atoms with Crippen molar-refractivity contribution in [2.24, 2.45) is 11.7 Å². The number of likely N-dealkylation sites (tertiary alicyclic amines) is 1. The van der Waals surface area contributed by atoms with Crippen LogP contribution in [-0.4, -0.2) is 30.4 Å². The van der Waals surface area contributed by atoms with Crippen molar-refractivity contribution in [2.75, 3.05) is 19.6 Å². The van der Waals surface area contributed by atoms with Crippen LogP contribution in [0.2, 0.25) is 0 Å². The first kappa shape index (κ1) is 11.5. The van der Waals surface area contributed by atoms with Gasteiger partial charge in [0, 0.05) is 6.54 Å². The van der Waals surface area contributed by atoms with Crippen molar-refractivity contribution in [2.45, 2.75) is 39.0 Å². The Morgan fingerprint density at radius 1 is 1.50 bits per heavy atom. The standard InChI is InChI=1S/C11H22N2O/c1-2-3-4-7-13-8-5-6-10(9-13)11(12)14/h10H,2-9H2,1H3,(H2,12,14)/t10-/m1/s1. The first-order valence-electron chi connectivity index (χ1n) is 5.75. The van der Waals surface area contributed by atoms with E-state index >= 15 is 0 Å². The molecule has 82 valence electrons. The Morgan fingerprint density at radius 3 is 2.93 bits per heavy atom. The van der Waals surface area contributed by atoms with Gasteiger partial charge >= 0.3 is 0 Å². The molecule has 0 saturated carbocycles. The number of nitrogens with zero attached hydrogens (tertiary/aromatic N) is 1. The SMILES string of the molecule is CCCCCN1CCC[C@@H](C(N)=O)C1. The molecule has 1 aliphatic rings. The summed E-state index contributed by atoms with van der Waals surface area (Å²) in [5.41, 5.74) is 5.32. The summed E-state index contributed by atoms with van der Waals surface area (Å²) in [6.07, 6.45) is 5.91. The number of piperidine rings is 1. The highest BCUT2D eigenvalue weighted by Crippen LogP contribution is 2.16. The average Bonchev–Trinajstić information content (AvgIpc) is 2.19. The van der Waals surface area contributed by atoms with Crippen LogP contribution in [0.15, 0.2) is 0 Å². The zero-order valence-corrected chi connectivity index (χ0v) is 9.17. The highest BCUT2D eigenvalue weighted by Gasteiger charge is 2.23. The molecular weight excluding hydrogens is 176 g/mol. The van der Waals surface area contributed by atoms with Crippen molar-refractivity contribution in [1.29, 1.82) is 0 Å². The summed E-state index contributed by atoms with van der Waals surface area (Å²) >= 11 is 0. The molecule has 1 amide bonds. The lowest BCUT2D eigenvalue weighted by molar-refractivity contribution is -0.123. The third-order valence-corrected chi connectivity index (χ3v) is 2.99. The molecule has 0 unspecified atom stereocenters. The van der Waals surface area contributed by atoms with E-state index in [-0.39, 0.29) is 11.8 Å². The molecule has 3 nitrogen and oxygen atoms in total. The predicted molar refractivity (Wildman–Crippen MR) is 57.9 cm³/mol. The van der Waals surface area contributed by atoms with Gasteiger partial charge in [0.25, 0.3) is 0 Å². The third kappa shape index (κ3) is 3.66. The van der Waals surface area contributed by atoms with Crippen LogP contribution in [0.4, 0.5) is 0 Å².